The zero-order valence-electron chi connectivity index (χ0n) is 13.9. The summed E-state index contributed by atoms with van der Waals surface area (Å²) >= 11 is 0. The van der Waals surface area contributed by atoms with E-state index in [0.717, 1.165) is 6.42 Å². The Hall–Kier alpha value is -1.61. The van der Waals surface area contributed by atoms with Gasteiger partial charge in [-0.1, -0.05) is 52.0 Å². The van der Waals surface area contributed by atoms with E-state index in [1.54, 1.807) is 0 Å². The second-order valence-electron chi connectivity index (χ2n) is 7.25. The highest BCUT2D eigenvalue weighted by Crippen LogP contribution is 2.46. The van der Waals surface area contributed by atoms with Crippen LogP contribution in [-0.4, -0.2) is 20.8 Å². The first-order chi connectivity index (χ1) is 10.5. The van der Waals surface area contributed by atoms with Crippen LogP contribution in [0.25, 0.3) is 11.3 Å². The van der Waals surface area contributed by atoms with E-state index in [2.05, 4.69) is 61.5 Å². The molecule has 1 N–H and O–H groups in total. The lowest BCUT2D eigenvalue weighted by Gasteiger charge is -2.33. The van der Waals surface area contributed by atoms with Gasteiger partial charge in [-0.2, -0.15) is 0 Å². The zero-order chi connectivity index (χ0) is 15.9. The maximum atomic E-state index is 10.9. The number of nitrogens with zero attached hydrogens (tertiary/aromatic N) is 2. The standard InChI is InChI=1S/C19H26N2O/c1-12(2)9-16(19(22)13(3)4)18-15-8-6-5-7-14(15)17-10-20-11-21(17)18/h5-8,10-13,16,18-19,22H,9H2,1-4H3/t16-,18+,19-/m1/s1. The third-order valence-electron chi connectivity index (χ3n) is 4.79. The van der Waals surface area contributed by atoms with Gasteiger partial charge in [-0.05, 0) is 23.8 Å². The summed E-state index contributed by atoms with van der Waals surface area (Å²) in [6, 6.07) is 8.73. The minimum atomic E-state index is -0.311. The number of fused-ring (bicyclic) bond motifs is 3. The molecule has 0 fully saturated rings. The second-order valence-corrected chi connectivity index (χ2v) is 7.25. The summed E-state index contributed by atoms with van der Waals surface area (Å²) in [5.41, 5.74) is 3.75. The van der Waals surface area contributed by atoms with Gasteiger partial charge in [-0.25, -0.2) is 4.98 Å². The van der Waals surface area contributed by atoms with Gasteiger partial charge in [0.2, 0.25) is 0 Å². The molecule has 3 nitrogen and oxygen atoms in total. The first-order valence-corrected chi connectivity index (χ1v) is 8.30. The molecule has 0 aliphatic carbocycles. The molecular weight excluding hydrogens is 272 g/mol. The molecule has 22 heavy (non-hydrogen) atoms. The highest BCUT2D eigenvalue weighted by molar-refractivity contribution is 5.69. The van der Waals surface area contributed by atoms with E-state index in [4.69, 9.17) is 0 Å². The van der Waals surface area contributed by atoms with Crippen LogP contribution in [0.15, 0.2) is 36.8 Å². The molecule has 1 aliphatic heterocycles. The molecule has 1 aromatic carbocycles. The van der Waals surface area contributed by atoms with Crippen molar-refractivity contribution in [1.29, 1.82) is 0 Å². The third-order valence-corrected chi connectivity index (χ3v) is 4.79. The van der Waals surface area contributed by atoms with Crippen molar-refractivity contribution >= 4 is 0 Å². The molecule has 0 saturated carbocycles. The molecule has 1 aliphatic rings. The van der Waals surface area contributed by atoms with Crippen LogP contribution in [0.2, 0.25) is 0 Å². The SMILES string of the molecule is CC(C)C[C@@H]([C@H](O)C(C)C)[C@@H]1c2ccccc2-c2cncn21. The lowest BCUT2D eigenvalue weighted by atomic mass is 9.79. The average Bonchev–Trinajstić information content (AvgIpc) is 3.04. The highest BCUT2D eigenvalue weighted by Gasteiger charge is 2.38. The maximum absolute atomic E-state index is 10.9. The summed E-state index contributed by atoms with van der Waals surface area (Å²) < 4.78 is 2.25. The van der Waals surface area contributed by atoms with Gasteiger partial charge in [0.15, 0.2) is 0 Å². The Kier molecular flexibility index (Phi) is 4.09. The van der Waals surface area contributed by atoms with Gasteiger partial charge in [0, 0.05) is 11.5 Å². The van der Waals surface area contributed by atoms with Crippen LogP contribution in [0.5, 0.6) is 0 Å². The Morgan fingerprint density at radius 2 is 1.91 bits per heavy atom. The number of benzene rings is 1. The highest BCUT2D eigenvalue weighted by atomic mass is 16.3. The quantitative estimate of drug-likeness (QED) is 0.901. The van der Waals surface area contributed by atoms with Gasteiger partial charge in [0.25, 0.3) is 0 Å². The molecule has 2 heterocycles. The number of hydrogen-bond acceptors (Lipinski definition) is 2. The summed E-state index contributed by atoms with van der Waals surface area (Å²) in [5.74, 6) is 1.01. The fourth-order valence-electron chi connectivity index (χ4n) is 3.80. The summed E-state index contributed by atoms with van der Waals surface area (Å²) in [7, 11) is 0. The number of aromatic nitrogens is 2. The molecule has 0 radical (unpaired) electrons. The molecule has 3 heteroatoms. The van der Waals surface area contributed by atoms with Crippen molar-refractivity contribution in [1.82, 2.24) is 9.55 Å². The van der Waals surface area contributed by atoms with Gasteiger partial charge in [0.05, 0.1) is 30.4 Å². The summed E-state index contributed by atoms with van der Waals surface area (Å²) in [6.45, 7) is 8.67. The van der Waals surface area contributed by atoms with Crippen molar-refractivity contribution < 1.29 is 5.11 Å². The minimum Gasteiger partial charge on any atom is -0.392 e. The van der Waals surface area contributed by atoms with Crippen LogP contribution < -0.4 is 0 Å². The first kappa shape index (κ1) is 15.3. The second kappa shape index (κ2) is 5.88. The smallest absolute Gasteiger partial charge is 0.0956 e. The Morgan fingerprint density at radius 1 is 1.18 bits per heavy atom. The van der Waals surface area contributed by atoms with Gasteiger partial charge >= 0.3 is 0 Å². The van der Waals surface area contributed by atoms with Crippen LogP contribution in [0.3, 0.4) is 0 Å². The molecule has 0 saturated heterocycles. The minimum absolute atomic E-state index is 0.188. The van der Waals surface area contributed by atoms with Crippen LogP contribution in [0, 0.1) is 17.8 Å². The molecule has 0 bridgehead atoms. The van der Waals surface area contributed by atoms with Crippen LogP contribution >= 0.6 is 0 Å². The van der Waals surface area contributed by atoms with Crippen molar-refractivity contribution in [3.63, 3.8) is 0 Å². The molecule has 3 rings (SSSR count). The van der Waals surface area contributed by atoms with Crippen LogP contribution in [0.4, 0.5) is 0 Å². The fourth-order valence-corrected chi connectivity index (χ4v) is 3.80. The summed E-state index contributed by atoms with van der Waals surface area (Å²) in [6.07, 6.45) is 4.55. The normalized spacial score (nSPS) is 19.3. The van der Waals surface area contributed by atoms with E-state index in [0.29, 0.717) is 5.92 Å². The van der Waals surface area contributed by atoms with Gasteiger partial charge in [-0.15, -0.1) is 0 Å². The Morgan fingerprint density at radius 3 is 2.59 bits per heavy atom. The van der Waals surface area contributed by atoms with E-state index < -0.39 is 0 Å². The number of imidazole rings is 1. The molecule has 2 aromatic rings. The topological polar surface area (TPSA) is 38.1 Å². The Labute approximate surface area is 133 Å². The van der Waals surface area contributed by atoms with Crippen molar-refractivity contribution in [2.75, 3.05) is 0 Å². The lowest BCUT2D eigenvalue weighted by Crippen LogP contribution is -2.34. The molecule has 1 aromatic heterocycles. The summed E-state index contributed by atoms with van der Waals surface area (Å²) in [4.78, 5) is 4.34. The van der Waals surface area contributed by atoms with Gasteiger partial charge < -0.3 is 9.67 Å². The van der Waals surface area contributed by atoms with Gasteiger partial charge in [0.1, 0.15) is 0 Å². The average molecular weight is 298 g/mol. The van der Waals surface area contributed by atoms with Crippen molar-refractivity contribution in [3.05, 3.63) is 42.4 Å². The third kappa shape index (κ3) is 2.48. The number of aliphatic hydroxyl groups is 1. The van der Waals surface area contributed by atoms with Crippen LogP contribution in [-0.2, 0) is 0 Å². The van der Waals surface area contributed by atoms with Crippen LogP contribution in [0.1, 0.15) is 45.7 Å². The van der Waals surface area contributed by atoms with E-state index in [1.165, 1.54) is 16.8 Å². The molecule has 118 valence electrons. The molecule has 0 amide bonds. The lowest BCUT2D eigenvalue weighted by molar-refractivity contribution is 0.0364. The van der Waals surface area contributed by atoms with E-state index in [9.17, 15) is 5.11 Å². The van der Waals surface area contributed by atoms with Crippen molar-refractivity contribution in [2.45, 2.75) is 46.3 Å². The predicted octanol–water partition coefficient (Wildman–Crippen LogP) is 4.13. The molecule has 3 atom stereocenters. The Bertz CT molecular complexity index is 644. The van der Waals surface area contributed by atoms with E-state index >= 15 is 0 Å². The fraction of sp³-hybridized carbons (Fsp3) is 0.526. The zero-order valence-corrected chi connectivity index (χ0v) is 13.9. The number of hydrogen-bond donors (Lipinski definition) is 1. The Balaban J connectivity index is 2.08. The number of aliphatic hydroxyl groups excluding tert-OH is 1. The van der Waals surface area contributed by atoms with E-state index in [-0.39, 0.29) is 24.0 Å². The predicted molar refractivity (Wildman–Crippen MR) is 89.6 cm³/mol. The van der Waals surface area contributed by atoms with Crippen molar-refractivity contribution in [3.8, 4) is 11.3 Å². The van der Waals surface area contributed by atoms with Crippen molar-refractivity contribution in [2.24, 2.45) is 17.8 Å². The number of rotatable bonds is 5. The molecule has 0 spiro atoms. The largest absolute Gasteiger partial charge is 0.392 e. The van der Waals surface area contributed by atoms with E-state index in [1.807, 2.05) is 12.5 Å². The molecular formula is C19H26N2O. The maximum Gasteiger partial charge on any atom is 0.0956 e. The molecule has 0 unspecified atom stereocenters. The van der Waals surface area contributed by atoms with Gasteiger partial charge in [-0.3, -0.25) is 0 Å². The monoisotopic (exact) mass is 298 g/mol. The summed E-state index contributed by atoms with van der Waals surface area (Å²) in [5, 5.41) is 10.9. The first-order valence-electron chi connectivity index (χ1n) is 8.30.